The van der Waals surface area contributed by atoms with Crippen LogP contribution in [0.15, 0.2) is 29.4 Å². The van der Waals surface area contributed by atoms with Crippen molar-refractivity contribution >= 4 is 49.9 Å². The van der Waals surface area contributed by atoms with Gasteiger partial charge in [-0.25, -0.2) is 4.98 Å². The molecule has 0 saturated carbocycles. The fraction of sp³-hybridized carbons (Fsp3) is 0.100. The Kier molecular flexibility index (Phi) is 3.83. The molecule has 96 valence electrons. The molecule has 0 unspecified atom stereocenters. The number of aromatic nitrogens is 2. The number of anilines is 1. The van der Waals surface area contributed by atoms with Crippen molar-refractivity contribution in [3.8, 4) is 0 Å². The van der Waals surface area contributed by atoms with Gasteiger partial charge in [0.1, 0.15) is 5.82 Å². The molecule has 2 rings (SSSR count). The first-order chi connectivity index (χ1) is 8.38. The molecule has 0 aliphatic rings. The Morgan fingerprint density at radius 3 is 2.72 bits per heavy atom. The third-order valence-electron chi connectivity index (χ3n) is 2.14. The van der Waals surface area contributed by atoms with E-state index in [1.807, 2.05) is 0 Å². The number of nitrogens with zero attached hydrogens (tertiary/aromatic N) is 1. The number of aromatic amines is 1. The van der Waals surface area contributed by atoms with Crippen LogP contribution in [0.1, 0.15) is 5.82 Å². The van der Waals surface area contributed by atoms with Gasteiger partial charge in [-0.2, -0.15) is 8.42 Å². The van der Waals surface area contributed by atoms with Gasteiger partial charge in [-0.05, 0) is 47.7 Å². The first-order valence-corrected chi connectivity index (χ1v) is 7.82. The molecule has 1 heterocycles. The number of rotatable bonds is 3. The maximum atomic E-state index is 12.0. The quantitative estimate of drug-likeness (QED) is 0.782. The molecule has 0 radical (unpaired) electrons. The molecule has 0 atom stereocenters. The van der Waals surface area contributed by atoms with Crippen molar-refractivity contribution < 1.29 is 8.42 Å². The minimum Gasteiger partial charge on any atom is -0.332 e. The van der Waals surface area contributed by atoms with Crippen LogP contribution in [0.2, 0.25) is 5.02 Å². The summed E-state index contributed by atoms with van der Waals surface area (Å²) in [7, 11) is -3.68. The predicted molar refractivity (Wildman–Crippen MR) is 78.3 cm³/mol. The van der Waals surface area contributed by atoms with E-state index in [1.54, 1.807) is 25.1 Å². The summed E-state index contributed by atoms with van der Waals surface area (Å²) in [5, 5.41) is 0.358. The summed E-state index contributed by atoms with van der Waals surface area (Å²) in [5.41, 5.74) is 0.337. The summed E-state index contributed by atoms with van der Waals surface area (Å²) in [4.78, 5) is 6.51. The van der Waals surface area contributed by atoms with E-state index < -0.39 is 10.0 Å². The summed E-state index contributed by atoms with van der Waals surface area (Å²) in [5.74, 6) is 0.532. The lowest BCUT2D eigenvalue weighted by molar-refractivity contribution is 0.598. The SMILES string of the molecule is Cc1ncc(S(=O)(=O)Nc2ccc(I)cc2Cl)[nH]1. The van der Waals surface area contributed by atoms with E-state index in [2.05, 4.69) is 37.3 Å². The maximum Gasteiger partial charge on any atom is 0.279 e. The van der Waals surface area contributed by atoms with E-state index in [1.165, 1.54) is 6.20 Å². The number of hydrogen-bond donors (Lipinski definition) is 2. The standard InChI is InChI=1S/C10H9ClIN3O2S/c1-6-13-5-10(14-6)18(16,17)15-9-3-2-7(12)4-8(9)11/h2-5,15H,1H3,(H,13,14). The Bertz CT molecular complexity index is 684. The average molecular weight is 398 g/mol. The van der Waals surface area contributed by atoms with Crippen LogP contribution in [0.3, 0.4) is 0 Å². The maximum absolute atomic E-state index is 12.0. The third kappa shape index (κ3) is 2.96. The number of H-pyrrole nitrogens is 1. The molecule has 0 bridgehead atoms. The zero-order valence-corrected chi connectivity index (χ0v) is 13.0. The molecule has 8 heteroatoms. The highest BCUT2D eigenvalue weighted by molar-refractivity contribution is 14.1. The zero-order chi connectivity index (χ0) is 13.3. The first kappa shape index (κ1) is 13.6. The highest BCUT2D eigenvalue weighted by atomic mass is 127. The second-order valence-electron chi connectivity index (χ2n) is 3.56. The van der Waals surface area contributed by atoms with Crippen molar-refractivity contribution in [1.82, 2.24) is 9.97 Å². The highest BCUT2D eigenvalue weighted by Crippen LogP contribution is 2.25. The minimum absolute atomic E-state index is 0.00890. The molecule has 18 heavy (non-hydrogen) atoms. The van der Waals surface area contributed by atoms with Crippen molar-refractivity contribution in [3.05, 3.63) is 38.8 Å². The van der Waals surface area contributed by atoms with Crippen LogP contribution in [0.4, 0.5) is 5.69 Å². The summed E-state index contributed by atoms with van der Waals surface area (Å²) in [6, 6.07) is 5.06. The molecule has 1 aromatic heterocycles. The van der Waals surface area contributed by atoms with Crippen molar-refractivity contribution in [2.24, 2.45) is 0 Å². The number of benzene rings is 1. The van der Waals surface area contributed by atoms with Crippen LogP contribution in [0.25, 0.3) is 0 Å². The molecule has 0 fully saturated rings. The molecular formula is C10H9ClIN3O2S. The Balaban J connectivity index is 2.33. The number of sulfonamides is 1. The van der Waals surface area contributed by atoms with E-state index in [4.69, 9.17) is 11.6 Å². The van der Waals surface area contributed by atoms with Gasteiger partial charge in [-0.15, -0.1) is 0 Å². The molecule has 0 saturated heterocycles. The van der Waals surface area contributed by atoms with Gasteiger partial charge in [0, 0.05) is 3.57 Å². The molecular weight excluding hydrogens is 389 g/mol. The van der Waals surface area contributed by atoms with E-state index in [-0.39, 0.29) is 5.03 Å². The zero-order valence-electron chi connectivity index (χ0n) is 9.24. The topological polar surface area (TPSA) is 74.8 Å². The molecule has 0 aliphatic heterocycles. The van der Waals surface area contributed by atoms with E-state index in [0.717, 1.165) is 3.57 Å². The van der Waals surface area contributed by atoms with Gasteiger partial charge < -0.3 is 4.98 Å². The third-order valence-corrected chi connectivity index (χ3v) is 4.40. The molecule has 2 aromatic rings. The van der Waals surface area contributed by atoms with E-state index in [0.29, 0.717) is 16.5 Å². The Morgan fingerprint density at radius 1 is 1.44 bits per heavy atom. The Morgan fingerprint density at radius 2 is 2.17 bits per heavy atom. The molecule has 1 aromatic carbocycles. The van der Waals surface area contributed by atoms with Crippen LogP contribution in [0.5, 0.6) is 0 Å². The van der Waals surface area contributed by atoms with Crippen molar-refractivity contribution in [2.45, 2.75) is 11.9 Å². The van der Waals surface area contributed by atoms with Gasteiger partial charge in [-0.1, -0.05) is 11.6 Å². The fourth-order valence-electron chi connectivity index (χ4n) is 1.31. The van der Waals surface area contributed by atoms with Gasteiger partial charge in [0.15, 0.2) is 5.03 Å². The minimum atomic E-state index is -3.68. The number of hydrogen-bond acceptors (Lipinski definition) is 3. The first-order valence-electron chi connectivity index (χ1n) is 4.88. The lowest BCUT2D eigenvalue weighted by Gasteiger charge is -2.08. The molecule has 5 nitrogen and oxygen atoms in total. The van der Waals surface area contributed by atoms with Gasteiger partial charge >= 0.3 is 0 Å². The second-order valence-corrected chi connectivity index (χ2v) is 6.87. The highest BCUT2D eigenvalue weighted by Gasteiger charge is 2.17. The lowest BCUT2D eigenvalue weighted by atomic mass is 10.3. The second kappa shape index (κ2) is 5.06. The number of nitrogens with one attached hydrogen (secondary N) is 2. The monoisotopic (exact) mass is 397 g/mol. The molecule has 0 aliphatic carbocycles. The van der Waals surface area contributed by atoms with Crippen LogP contribution < -0.4 is 4.72 Å². The smallest absolute Gasteiger partial charge is 0.279 e. The van der Waals surface area contributed by atoms with E-state index in [9.17, 15) is 8.42 Å². The average Bonchev–Trinajstić information content (AvgIpc) is 2.70. The summed E-state index contributed by atoms with van der Waals surface area (Å²) >= 11 is 8.07. The summed E-state index contributed by atoms with van der Waals surface area (Å²) in [6.07, 6.45) is 1.26. The van der Waals surface area contributed by atoms with Gasteiger partial charge in [-0.3, -0.25) is 4.72 Å². The Labute approximate surface area is 123 Å². The van der Waals surface area contributed by atoms with E-state index >= 15 is 0 Å². The van der Waals surface area contributed by atoms with Crippen LogP contribution in [-0.4, -0.2) is 18.4 Å². The fourth-order valence-corrected chi connectivity index (χ4v) is 3.32. The van der Waals surface area contributed by atoms with Gasteiger partial charge in [0.2, 0.25) is 0 Å². The predicted octanol–water partition coefficient (Wildman–Crippen LogP) is 2.78. The number of halogens is 2. The van der Waals surface area contributed by atoms with Crippen molar-refractivity contribution in [3.63, 3.8) is 0 Å². The molecule has 2 N–H and O–H groups in total. The van der Waals surface area contributed by atoms with Crippen LogP contribution in [0, 0.1) is 10.5 Å². The number of aryl methyl sites for hydroxylation is 1. The Hall–Kier alpha value is -0.800. The normalized spacial score (nSPS) is 11.5. The van der Waals surface area contributed by atoms with Crippen LogP contribution >= 0.6 is 34.2 Å². The van der Waals surface area contributed by atoms with Gasteiger partial charge in [0.05, 0.1) is 16.9 Å². The van der Waals surface area contributed by atoms with Crippen molar-refractivity contribution in [1.29, 1.82) is 0 Å². The van der Waals surface area contributed by atoms with Gasteiger partial charge in [0.25, 0.3) is 10.0 Å². The van der Waals surface area contributed by atoms with Crippen molar-refractivity contribution in [2.75, 3.05) is 4.72 Å². The van der Waals surface area contributed by atoms with Crippen LogP contribution in [-0.2, 0) is 10.0 Å². The molecule has 0 spiro atoms. The summed E-state index contributed by atoms with van der Waals surface area (Å²) in [6.45, 7) is 1.68. The lowest BCUT2D eigenvalue weighted by Crippen LogP contribution is -2.13. The molecule has 0 amide bonds. The summed E-state index contributed by atoms with van der Waals surface area (Å²) < 4.78 is 27.4. The number of imidazole rings is 1. The largest absolute Gasteiger partial charge is 0.332 e.